The summed E-state index contributed by atoms with van der Waals surface area (Å²) in [4.78, 5) is 12.6. The van der Waals surface area contributed by atoms with Gasteiger partial charge in [0, 0.05) is 38.2 Å². The van der Waals surface area contributed by atoms with E-state index in [1.807, 2.05) is 4.57 Å². The first-order valence-electron chi connectivity index (χ1n) is 9.21. The lowest BCUT2D eigenvalue weighted by Gasteiger charge is -2.30. The predicted octanol–water partition coefficient (Wildman–Crippen LogP) is 1.49. The first-order chi connectivity index (χ1) is 12.9. The molecule has 9 heteroatoms. The summed E-state index contributed by atoms with van der Waals surface area (Å²) in [6, 6.07) is 6.81. The van der Waals surface area contributed by atoms with Crippen molar-refractivity contribution >= 4 is 10.0 Å². The number of benzene rings is 1. The Labute approximate surface area is 158 Å². The van der Waals surface area contributed by atoms with Gasteiger partial charge in [0.15, 0.2) is 0 Å². The number of aromatic nitrogens is 3. The molecule has 146 valence electrons. The third-order valence-electron chi connectivity index (χ3n) is 5.39. The highest BCUT2D eigenvalue weighted by Crippen LogP contribution is 2.38. The van der Waals surface area contributed by atoms with E-state index < -0.39 is 10.0 Å². The first kappa shape index (κ1) is 18.2. The summed E-state index contributed by atoms with van der Waals surface area (Å²) in [7, 11) is -0.367. The molecule has 1 saturated carbocycles. The molecule has 0 bridgehead atoms. The van der Waals surface area contributed by atoms with Gasteiger partial charge in [-0.05, 0) is 37.8 Å². The fraction of sp³-hybridized carbons (Fsp3) is 0.556. The number of hydrogen-bond donors (Lipinski definition) is 0. The maximum absolute atomic E-state index is 12.9. The number of ether oxygens (including phenoxy) is 1. The van der Waals surface area contributed by atoms with Crippen LogP contribution in [0.25, 0.3) is 0 Å². The van der Waals surface area contributed by atoms with Gasteiger partial charge in [-0.3, -0.25) is 4.57 Å². The molecule has 2 heterocycles. The van der Waals surface area contributed by atoms with Crippen LogP contribution < -0.4 is 10.4 Å². The maximum Gasteiger partial charge on any atom is 0.345 e. The van der Waals surface area contributed by atoms with Gasteiger partial charge in [0.25, 0.3) is 0 Å². The number of aryl methyl sites for hydroxylation is 1. The number of hydrogen-bond acceptors (Lipinski definition) is 5. The van der Waals surface area contributed by atoms with Crippen LogP contribution in [0.15, 0.2) is 34.0 Å². The van der Waals surface area contributed by atoms with Gasteiger partial charge in [0.2, 0.25) is 10.0 Å². The molecular formula is C18H24N4O4S. The number of rotatable bonds is 5. The largest absolute Gasteiger partial charge is 0.497 e. The van der Waals surface area contributed by atoms with Crippen molar-refractivity contribution in [3.05, 3.63) is 40.6 Å². The molecule has 2 fully saturated rings. The number of nitrogens with zero attached hydrogens (tertiary/aromatic N) is 4. The van der Waals surface area contributed by atoms with Crippen LogP contribution in [0.3, 0.4) is 0 Å². The van der Waals surface area contributed by atoms with Gasteiger partial charge in [0.1, 0.15) is 11.6 Å². The lowest BCUT2D eigenvalue weighted by molar-refractivity contribution is 0.308. The molecule has 4 rings (SSSR count). The maximum atomic E-state index is 12.9. The average Bonchev–Trinajstić information content (AvgIpc) is 3.48. The van der Waals surface area contributed by atoms with Crippen LogP contribution in [0.1, 0.15) is 43.5 Å². The van der Waals surface area contributed by atoms with Crippen molar-refractivity contribution in [1.29, 1.82) is 0 Å². The van der Waals surface area contributed by atoms with Crippen molar-refractivity contribution in [2.45, 2.75) is 42.5 Å². The number of sulfonamides is 1. The van der Waals surface area contributed by atoms with Crippen LogP contribution in [0, 0.1) is 0 Å². The van der Waals surface area contributed by atoms with Crippen LogP contribution in [-0.4, -0.2) is 47.3 Å². The smallest absolute Gasteiger partial charge is 0.345 e. The summed E-state index contributed by atoms with van der Waals surface area (Å²) in [6.45, 7) is 0.833. The average molecular weight is 392 g/mol. The van der Waals surface area contributed by atoms with Gasteiger partial charge in [-0.25, -0.2) is 17.9 Å². The first-order valence-corrected chi connectivity index (χ1v) is 10.7. The van der Waals surface area contributed by atoms with Crippen molar-refractivity contribution < 1.29 is 13.2 Å². The van der Waals surface area contributed by atoms with E-state index in [4.69, 9.17) is 4.74 Å². The SMILES string of the molecule is COc1cccc(S(=O)(=O)N2CCC(c3nn(C)c(=O)n3C3CC3)CC2)c1. The zero-order valence-corrected chi connectivity index (χ0v) is 16.4. The molecule has 1 aliphatic carbocycles. The van der Waals surface area contributed by atoms with E-state index >= 15 is 0 Å². The number of methoxy groups -OCH3 is 1. The fourth-order valence-electron chi connectivity index (χ4n) is 3.72. The van der Waals surface area contributed by atoms with Gasteiger partial charge in [-0.15, -0.1) is 0 Å². The van der Waals surface area contributed by atoms with Gasteiger partial charge in [-0.1, -0.05) is 6.07 Å². The van der Waals surface area contributed by atoms with Crippen molar-refractivity contribution in [3.8, 4) is 5.75 Å². The molecular weight excluding hydrogens is 368 g/mol. The molecule has 0 atom stereocenters. The molecule has 0 N–H and O–H groups in total. The van der Waals surface area contributed by atoms with Crippen molar-refractivity contribution in [1.82, 2.24) is 18.7 Å². The molecule has 27 heavy (non-hydrogen) atoms. The monoisotopic (exact) mass is 392 g/mol. The molecule has 1 aromatic heterocycles. The molecule has 0 radical (unpaired) electrons. The minimum Gasteiger partial charge on any atom is -0.497 e. The molecule has 1 aromatic carbocycles. The standard InChI is InChI=1S/C18H24N4O4S/c1-20-18(23)22(14-6-7-14)17(19-20)13-8-10-21(11-9-13)27(24,25)16-5-3-4-15(12-16)26-2/h3-5,12-14H,6-11H2,1-2H3. The van der Waals surface area contributed by atoms with E-state index in [1.165, 1.54) is 16.1 Å². The van der Waals surface area contributed by atoms with E-state index in [0.29, 0.717) is 31.7 Å². The van der Waals surface area contributed by atoms with E-state index in [0.717, 1.165) is 18.7 Å². The van der Waals surface area contributed by atoms with Crippen molar-refractivity contribution in [3.63, 3.8) is 0 Å². The zero-order valence-electron chi connectivity index (χ0n) is 15.5. The number of piperidine rings is 1. The molecule has 0 spiro atoms. The van der Waals surface area contributed by atoms with Crippen molar-refractivity contribution in [2.75, 3.05) is 20.2 Å². The van der Waals surface area contributed by atoms with Crippen LogP contribution in [-0.2, 0) is 17.1 Å². The Morgan fingerprint density at radius 2 is 1.85 bits per heavy atom. The molecule has 1 saturated heterocycles. The van der Waals surface area contributed by atoms with Gasteiger partial charge in [0.05, 0.1) is 12.0 Å². The molecule has 2 aliphatic rings. The summed E-state index contributed by atoms with van der Waals surface area (Å²) in [5, 5.41) is 4.45. The second-order valence-corrected chi connectivity index (χ2v) is 9.16. The highest BCUT2D eigenvalue weighted by molar-refractivity contribution is 7.89. The summed E-state index contributed by atoms with van der Waals surface area (Å²) in [5.74, 6) is 1.44. The van der Waals surface area contributed by atoms with Gasteiger partial charge >= 0.3 is 5.69 Å². The Hall–Kier alpha value is -2.13. The van der Waals surface area contributed by atoms with Crippen LogP contribution >= 0.6 is 0 Å². The summed E-state index contributed by atoms with van der Waals surface area (Å²) in [5.41, 5.74) is -0.0704. The second kappa shape index (κ2) is 6.79. The third kappa shape index (κ3) is 3.29. The second-order valence-electron chi connectivity index (χ2n) is 7.22. The minimum atomic E-state index is -3.56. The Morgan fingerprint density at radius 3 is 2.48 bits per heavy atom. The van der Waals surface area contributed by atoms with Gasteiger partial charge < -0.3 is 4.74 Å². The predicted molar refractivity (Wildman–Crippen MR) is 99.5 cm³/mol. The van der Waals surface area contributed by atoms with E-state index in [2.05, 4.69) is 5.10 Å². The highest BCUT2D eigenvalue weighted by atomic mass is 32.2. The Balaban J connectivity index is 1.52. The van der Waals surface area contributed by atoms with Crippen LogP contribution in [0.5, 0.6) is 5.75 Å². The summed E-state index contributed by atoms with van der Waals surface area (Å²) < 4.78 is 35.7. The Morgan fingerprint density at radius 1 is 1.15 bits per heavy atom. The molecule has 1 aliphatic heterocycles. The van der Waals surface area contributed by atoms with E-state index in [9.17, 15) is 13.2 Å². The normalized spacial score (nSPS) is 19.3. The molecule has 2 aromatic rings. The van der Waals surface area contributed by atoms with E-state index in [1.54, 1.807) is 31.3 Å². The molecule has 8 nitrogen and oxygen atoms in total. The summed E-state index contributed by atoms with van der Waals surface area (Å²) >= 11 is 0. The van der Waals surface area contributed by atoms with Crippen LogP contribution in [0.2, 0.25) is 0 Å². The van der Waals surface area contributed by atoms with Crippen LogP contribution in [0.4, 0.5) is 0 Å². The van der Waals surface area contributed by atoms with Gasteiger partial charge in [-0.2, -0.15) is 9.40 Å². The summed E-state index contributed by atoms with van der Waals surface area (Å²) in [6.07, 6.45) is 3.35. The topological polar surface area (TPSA) is 86.4 Å². The Kier molecular flexibility index (Phi) is 4.59. The lowest BCUT2D eigenvalue weighted by atomic mass is 9.97. The quantitative estimate of drug-likeness (QED) is 0.770. The Bertz CT molecular complexity index is 999. The highest BCUT2D eigenvalue weighted by Gasteiger charge is 2.36. The van der Waals surface area contributed by atoms with E-state index in [-0.39, 0.29) is 22.5 Å². The molecule has 0 amide bonds. The fourth-order valence-corrected chi connectivity index (χ4v) is 5.22. The molecule has 0 unspecified atom stereocenters. The lowest BCUT2D eigenvalue weighted by Crippen LogP contribution is -2.38. The zero-order chi connectivity index (χ0) is 19.2. The third-order valence-corrected chi connectivity index (χ3v) is 7.29. The minimum absolute atomic E-state index is 0.0704. The van der Waals surface area contributed by atoms with Crippen molar-refractivity contribution in [2.24, 2.45) is 7.05 Å².